The van der Waals surface area contributed by atoms with Gasteiger partial charge in [0, 0.05) is 16.3 Å². The quantitative estimate of drug-likeness (QED) is 0.322. The number of carbonyl (C=O) groups excluding carboxylic acids is 2. The number of amides is 2. The first kappa shape index (κ1) is 24.0. The maximum absolute atomic E-state index is 12.9. The van der Waals surface area contributed by atoms with Crippen LogP contribution in [0.5, 0.6) is 0 Å². The number of nitrogens with zero attached hydrogens (tertiary/aromatic N) is 4. The fourth-order valence-corrected chi connectivity index (χ4v) is 4.26. The normalized spacial score (nSPS) is 19.9. The molecule has 1 fully saturated rings. The molecule has 1 saturated heterocycles. The van der Waals surface area contributed by atoms with Crippen molar-refractivity contribution in [2.75, 3.05) is 0 Å². The maximum Gasteiger partial charge on any atom is 0.339 e. The Morgan fingerprint density at radius 1 is 1.29 bits per heavy atom. The van der Waals surface area contributed by atoms with Crippen molar-refractivity contribution in [2.24, 2.45) is 0 Å². The molecule has 2 aromatic heterocycles. The van der Waals surface area contributed by atoms with Crippen LogP contribution >= 0.6 is 27.3 Å². The Hall–Kier alpha value is -3.16. The summed E-state index contributed by atoms with van der Waals surface area (Å²) >= 11 is 4.75. The van der Waals surface area contributed by atoms with Gasteiger partial charge in [0.25, 0.3) is 5.91 Å². The SMILES string of the molecule is CC[C@]1(C(=O)O)O[C@@H]1C(=O)N[C@@H](Cc1cscn1)C(=O)NCc1cn(-c2ccc(Br)cc2)nn1. The summed E-state index contributed by atoms with van der Waals surface area (Å²) in [7, 11) is 0. The first-order chi connectivity index (χ1) is 16.3. The van der Waals surface area contributed by atoms with Crippen LogP contribution in [0.1, 0.15) is 24.7 Å². The standard InChI is InChI=1S/C21H21BrN6O5S/c1-2-21(20(31)32)17(33-21)19(30)25-16(7-13-10-34-11-24-13)18(29)23-8-14-9-28(27-26-14)15-5-3-12(22)4-6-15/h3-6,9-11,16-17H,2,7-8H2,1H3,(H,23,29)(H,25,30)(H,31,32)/t16-,17+,21-/m0/s1. The Bertz CT molecular complexity index is 1180. The van der Waals surface area contributed by atoms with Gasteiger partial charge in [0.05, 0.1) is 29.6 Å². The monoisotopic (exact) mass is 548 g/mol. The zero-order valence-corrected chi connectivity index (χ0v) is 20.4. The summed E-state index contributed by atoms with van der Waals surface area (Å²) < 4.78 is 7.72. The van der Waals surface area contributed by atoms with E-state index in [2.05, 4.69) is 41.9 Å². The van der Waals surface area contributed by atoms with Gasteiger partial charge in [-0.05, 0) is 30.7 Å². The highest BCUT2D eigenvalue weighted by Gasteiger charge is 2.65. The topological polar surface area (TPSA) is 152 Å². The molecule has 0 spiro atoms. The van der Waals surface area contributed by atoms with E-state index in [0.29, 0.717) is 11.4 Å². The van der Waals surface area contributed by atoms with Gasteiger partial charge in [0.15, 0.2) is 6.10 Å². The van der Waals surface area contributed by atoms with Crippen molar-refractivity contribution in [3.8, 4) is 5.69 Å². The third kappa shape index (κ3) is 5.16. The number of hydrogen-bond donors (Lipinski definition) is 3. The zero-order valence-electron chi connectivity index (χ0n) is 18.0. The van der Waals surface area contributed by atoms with Crippen LogP contribution in [0.3, 0.4) is 0 Å². The Morgan fingerprint density at radius 2 is 2.06 bits per heavy atom. The van der Waals surface area contributed by atoms with Crippen LogP contribution in [-0.2, 0) is 32.1 Å². The first-order valence-corrected chi connectivity index (χ1v) is 12.1. The van der Waals surface area contributed by atoms with Crippen molar-refractivity contribution in [3.63, 3.8) is 0 Å². The second-order valence-corrected chi connectivity index (χ2v) is 9.27. The second kappa shape index (κ2) is 9.99. The predicted octanol–water partition coefficient (Wildman–Crippen LogP) is 1.46. The van der Waals surface area contributed by atoms with Gasteiger partial charge in [-0.2, -0.15) is 0 Å². The average Bonchev–Trinajstić information content (AvgIpc) is 3.11. The molecule has 0 saturated carbocycles. The molecule has 178 valence electrons. The molecule has 0 bridgehead atoms. The average molecular weight is 549 g/mol. The van der Waals surface area contributed by atoms with Crippen LogP contribution in [0, 0.1) is 0 Å². The molecule has 3 N–H and O–H groups in total. The number of thiazole rings is 1. The third-order valence-corrected chi connectivity index (χ3v) is 6.59. The molecule has 11 nitrogen and oxygen atoms in total. The predicted molar refractivity (Wildman–Crippen MR) is 124 cm³/mol. The van der Waals surface area contributed by atoms with Gasteiger partial charge < -0.3 is 20.5 Å². The molecular formula is C21H21BrN6O5S. The Labute approximate surface area is 206 Å². The van der Waals surface area contributed by atoms with Crippen molar-refractivity contribution in [1.29, 1.82) is 0 Å². The van der Waals surface area contributed by atoms with Gasteiger partial charge in [-0.3, -0.25) is 9.59 Å². The lowest BCUT2D eigenvalue weighted by Crippen LogP contribution is -2.50. The Balaban J connectivity index is 1.40. The molecule has 2 amide bonds. The molecule has 0 unspecified atom stereocenters. The number of carboxylic acid groups (broad SMARTS) is 1. The summed E-state index contributed by atoms with van der Waals surface area (Å²) in [6.45, 7) is 1.72. The van der Waals surface area contributed by atoms with Crippen LogP contribution in [0.4, 0.5) is 0 Å². The van der Waals surface area contributed by atoms with E-state index in [1.807, 2.05) is 24.3 Å². The zero-order chi connectivity index (χ0) is 24.3. The summed E-state index contributed by atoms with van der Waals surface area (Å²) in [4.78, 5) is 41.2. The number of rotatable bonds is 10. The highest BCUT2D eigenvalue weighted by molar-refractivity contribution is 9.10. The fraction of sp³-hybridized carbons (Fsp3) is 0.333. The number of carboxylic acids is 1. The van der Waals surface area contributed by atoms with E-state index in [9.17, 15) is 19.5 Å². The number of halogens is 1. The highest BCUT2D eigenvalue weighted by Crippen LogP contribution is 2.40. The van der Waals surface area contributed by atoms with Gasteiger partial charge in [-0.1, -0.05) is 28.1 Å². The lowest BCUT2D eigenvalue weighted by molar-refractivity contribution is -0.143. The van der Waals surface area contributed by atoms with E-state index >= 15 is 0 Å². The van der Waals surface area contributed by atoms with Gasteiger partial charge in [-0.15, -0.1) is 16.4 Å². The Kier molecular flexibility index (Phi) is 7.05. The number of hydrogen-bond acceptors (Lipinski definition) is 8. The maximum atomic E-state index is 12.9. The number of benzene rings is 1. The highest BCUT2D eigenvalue weighted by atomic mass is 79.9. The molecular weight excluding hydrogens is 528 g/mol. The number of aromatic nitrogens is 4. The van der Waals surface area contributed by atoms with Crippen molar-refractivity contribution in [1.82, 2.24) is 30.6 Å². The molecule has 34 heavy (non-hydrogen) atoms. The summed E-state index contributed by atoms with van der Waals surface area (Å²) in [6.07, 6.45) is 0.826. The van der Waals surface area contributed by atoms with E-state index in [4.69, 9.17) is 4.74 Å². The molecule has 4 rings (SSSR count). The molecule has 1 aliphatic rings. The van der Waals surface area contributed by atoms with Crippen molar-refractivity contribution in [3.05, 3.63) is 57.2 Å². The molecule has 1 aliphatic heterocycles. The first-order valence-electron chi connectivity index (χ1n) is 10.4. The van der Waals surface area contributed by atoms with E-state index in [-0.39, 0.29) is 19.4 Å². The number of ether oxygens (including phenoxy) is 1. The number of nitrogens with one attached hydrogen (secondary N) is 2. The van der Waals surface area contributed by atoms with Crippen molar-refractivity contribution in [2.45, 2.75) is 44.1 Å². The summed E-state index contributed by atoms with van der Waals surface area (Å²) in [5.74, 6) is -2.32. The summed E-state index contributed by atoms with van der Waals surface area (Å²) in [6, 6.07) is 6.53. The van der Waals surface area contributed by atoms with Crippen LogP contribution in [0.25, 0.3) is 5.69 Å². The van der Waals surface area contributed by atoms with Gasteiger partial charge in [0.2, 0.25) is 11.5 Å². The number of aliphatic carboxylic acids is 1. The van der Waals surface area contributed by atoms with Crippen molar-refractivity contribution < 1.29 is 24.2 Å². The summed E-state index contributed by atoms with van der Waals surface area (Å²) in [5, 5.41) is 24.7. The largest absolute Gasteiger partial charge is 0.479 e. The van der Waals surface area contributed by atoms with Crippen LogP contribution < -0.4 is 10.6 Å². The van der Waals surface area contributed by atoms with Crippen molar-refractivity contribution >= 4 is 45.1 Å². The minimum absolute atomic E-state index is 0.0900. The van der Waals surface area contributed by atoms with Crippen LogP contribution in [-0.4, -0.2) is 60.6 Å². The third-order valence-electron chi connectivity index (χ3n) is 5.43. The minimum atomic E-state index is -1.54. The van der Waals surface area contributed by atoms with Crippen LogP contribution in [0.2, 0.25) is 0 Å². The van der Waals surface area contributed by atoms with E-state index < -0.39 is 35.5 Å². The Morgan fingerprint density at radius 3 is 2.68 bits per heavy atom. The van der Waals surface area contributed by atoms with Gasteiger partial charge in [-0.25, -0.2) is 14.5 Å². The lowest BCUT2D eigenvalue weighted by Gasteiger charge is -2.17. The molecule has 0 radical (unpaired) electrons. The number of carbonyl (C=O) groups is 3. The van der Waals surface area contributed by atoms with Crippen LogP contribution in [0.15, 0.2) is 45.8 Å². The van der Waals surface area contributed by atoms with Gasteiger partial charge >= 0.3 is 5.97 Å². The smallest absolute Gasteiger partial charge is 0.339 e. The van der Waals surface area contributed by atoms with Gasteiger partial charge in [0.1, 0.15) is 11.7 Å². The molecule has 3 heterocycles. The molecule has 13 heteroatoms. The van der Waals surface area contributed by atoms with E-state index in [1.165, 1.54) is 11.3 Å². The molecule has 0 aliphatic carbocycles. The second-order valence-electron chi connectivity index (χ2n) is 7.64. The van der Waals surface area contributed by atoms with E-state index in [0.717, 1.165) is 10.2 Å². The molecule has 1 aromatic carbocycles. The molecule has 3 aromatic rings. The number of epoxide rings is 1. The fourth-order valence-electron chi connectivity index (χ4n) is 3.43. The van der Waals surface area contributed by atoms with E-state index in [1.54, 1.807) is 28.7 Å². The summed E-state index contributed by atoms with van der Waals surface area (Å²) in [5.41, 5.74) is 2.05. The lowest BCUT2D eigenvalue weighted by atomic mass is 10.0. The minimum Gasteiger partial charge on any atom is -0.479 e. The molecule has 3 atom stereocenters.